The summed E-state index contributed by atoms with van der Waals surface area (Å²) in [6, 6.07) is 12.8. The Labute approximate surface area is 154 Å². The third kappa shape index (κ3) is 4.13. The summed E-state index contributed by atoms with van der Waals surface area (Å²) in [5.41, 5.74) is 4.44. The van der Waals surface area contributed by atoms with E-state index in [4.69, 9.17) is 27.9 Å². The Hall–Kier alpha value is -2.50. The Bertz CT molecular complexity index is 951. The fourth-order valence-electron chi connectivity index (χ4n) is 2.42. The number of rotatable bonds is 5. The molecule has 1 aromatic heterocycles. The summed E-state index contributed by atoms with van der Waals surface area (Å²) in [7, 11) is 1.96. The lowest BCUT2D eigenvalue weighted by atomic mass is 10.2. The summed E-state index contributed by atoms with van der Waals surface area (Å²) in [5, 5.41) is 5.89. The number of carbonyl (C=O) groups excluding carboxylic acids is 1. The van der Waals surface area contributed by atoms with Crippen LogP contribution in [0.25, 0.3) is 10.9 Å². The molecule has 5 nitrogen and oxygen atoms in total. The maximum Gasteiger partial charge on any atom is 0.277 e. The van der Waals surface area contributed by atoms with Gasteiger partial charge in [-0.25, -0.2) is 5.43 Å². The number of amides is 1. The molecule has 0 spiro atoms. The molecule has 0 aliphatic heterocycles. The average Bonchev–Trinajstić information content (AvgIpc) is 2.91. The predicted octanol–water partition coefficient (Wildman–Crippen LogP) is 4.01. The van der Waals surface area contributed by atoms with Crippen molar-refractivity contribution in [2.75, 3.05) is 6.61 Å². The summed E-state index contributed by atoms with van der Waals surface area (Å²) in [6.07, 6.45) is 3.56. The quantitative estimate of drug-likeness (QED) is 0.540. The average molecular weight is 376 g/mol. The van der Waals surface area contributed by atoms with Crippen molar-refractivity contribution >= 4 is 46.2 Å². The van der Waals surface area contributed by atoms with Crippen molar-refractivity contribution in [3.8, 4) is 5.75 Å². The Balaban J connectivity index is 1.59. The molecule has 0 aliphatic rings. The second-order valence-electron chi connectivity index (χ2n) is 5.37. The zero-order valence-corrected chi connectivity index (χ0v) is 14.9. The SMILES string of the molecule is Cn1cc(/C=N/NC(=O)COc2ccc(Cl)cc2Cl)c2ccccc21. The lowest BCUT2D eigenvalue weighted by Crippen LogP contribution is -2.24. The highest BCUT2D eigenvalue weighted by molar-refractivity contribution is 6.35. The minimum atomic E-state index is -0.387. The second-order valence-corrected chi connectivity index (χ2v) is 6.21. The molecular formula is C18H15Cl2N3O2. The van der Waals surface area contributed by atoms with E-state index in [1.807, 2.05) is 42.1 Å². The lowest BCUT2D eigenvalue weighted by Gasteiger charge is -2.06. The van der Waals surface area contributed by atoms with Gasteiger partial charge in [0.05, 0.1) is 11.2 Å². The second kappa shape index (κ2) is 7.59. The first kappa shape index (κ1) is 17.3. The van der Waals surface area contributed by atoms with E-state index < -0.39 is 0 Å². The van der Waals surface area contributed by atoms with E-state index in [0.29, 0.717) is 15.8 Å². The number of hydrogen-bond donors (Lipinski definition) is 1. The number of aryl methyl sites for hydroxylation is 1. The summed E-state index contributed by atoms with van der Waals surface area (Å²) in [5.74, 6) is 0.00162. The monoisotopic (exact) mass is 375 g/mol. The molecule has 3 rings (SSSR count). The molecule has 1 heterocycles. The van der Waals surface area contributed by atoms with E-state index in [2.05, 4.69) is 10.5 Å². The van der Waals surface area contributed by atoms with Crippen molar-refractivity contribution in [3.63, 3.8) is 0 Å². The Morgan fingerprint density at radius 3 is 2.88 bits per heavy atom. The van der Waals surface area contributed by atoms with Gasteiger partial charge in [0, 0.05) is 34.7 Å². The minimum Gasteiger partial charge on any atom is -0.482 e. The van der Waals surface area contributed by atoms with Crippen molar-refractivity contribution in [2.45, 2.75) is 0 Å². The molecule has 0 saturated heterocycles. The van der Waals surface area contributed by atoms with Crippen LogP contribution in [-0.4, -0.2) is 23.3 Å². The minimum absolute atomic E-state index is 0.200. The maximum atomic E-state index is 11.8. The third-order valence-electron chi connectivity index (χ3n) is 3.57. The molecule has 128 valence electrons. The fraction of sp³-hybridized carbons (Fsp3) is 0.111. The molecule has 0 radical (unpaired) electrons. The van der Waals surface area contributed by atoms with E-state index in [1.165, 1.54) is 0 Å². The zero-order chi connectivity index (χ0) is 17.8. The van der Waals surface area contributed by atoms with Gasteiger partial charge in [-0.1, -0.05) is 41.4 Å². The summed E-state index contributed by atoms with van der Waals surface area (Å²) >= 11 is 11.8. The van der Waals surface area contributed by atoms with Crippen molar-refractivity contribution in [3.05, 3.63) is 64.3 Å². The third-order valence-corrected chi connectivity index (χ3v) is 4.10. The molecule has 0 aliphatic carbocycles. The number of hydrazone groups is 1. The lowest BCUT2D eigenvalue weighted by molar-refractivity contribution is -0.123. The number of aromatic nitrogens is 1. The van der Waals surface area contributed by atoms with E-state index in [9.17, 15) is 4.79 Å². The molecule has 1 N–H and O–H groups in total. The van der Waals surface area contributed by atoms with Gasteiger partial charge in [0.1, 0.15) is 5.75 Å². The Kier molecular flexibility index (Phi) is 5.26. The molecule has 0 unspecified atom stereocenters. The zero-order valence-electron chi connectivity index (χ0n) is 13.4. The molecule has 0 fully saturated rings. The van der Waals surface area contributed by atoms with Gasteiger partial charge in [0.15, 0.2) is 6.61 Å². The number of ether oxygens (including phenoxy) is 1. The van der Waals surface area contributed by atoms with Crippen LogP contribution in [0.5, 0.6) is 5.75 Å². The first-order valence-electron chi connectivity index (χ1n) is 7.48. The van der Waals surface area contributed by atoms with Crippen molar-refractivity contribution < 1.29 is 9.53 Å². The molecule has 0 saturated carbocycles. The van der Waals surface area contributed by atoms with Gasteiger partial charge < -0.3 is 9.30 Å². The Morgan fingerprint density at radius 1 is 1.28 bits per heavy atom. The number of nitrogens with one attached hydrogen (secondary N) is 1. The van der Waals surface area contributed by atoms with Crippen LogP contribution >= 0.6 is 23.2 Å². The highest BCUT2D eigenvalue weighted by Crippen LogP contribution is 2.27. The van der Waals surface area contributed by atoms with Crippen molar-refractivity contribution in [1.29, 1.82) is 0 Å². The largest absolute Gasteiger partial charge is 0.482 e. The first-order chi connectivity index (χ1) is 12.0. The predicted molar refractivity (Wildman–Crippen MR) is 101 cm³/mol. The highest BCUT2D eigenvalue weighted by atomic mass is 35.5. The van der Waals surface area contributed by atoms with Crippen LogP contribution in [0.3, 0.4) is 0 Å². The van der Waals surface area contributed by atoms with Gasteiger partial charge in [-0.2, -0.15) is 5.10 Å². The van der Waals surface area contributed by atoms with E-state index >= 15 is 0 Å². The smallest absolute Gasteiger partial charge is 0.277 e. The number of halogens is 2. The Morgan fingerprint density at radius 2 is 2.08 bits per heavy atom. The van der Waals surface area contributed by atoms with Gasteiger partial charge in [-0.05, 0) is 24.3 Å². The molecule has 7 heteroatoms. The summed E-state index contributed by atoms with van der Waals surface area (Å²) in [6.45, 7) is -0.200. The standard InChI is InChI=1S/C18H15Cl2N3O2/c1-23-10-12(14-4-2-3-5-16(14)23)9-21-22-18(24)11-25-17-7-6-13(19)8-15(17)20/h2-10H,11H2,1H3,(H,22,24)/b21-9+. The van der Waals surface area contributed by atoms with Crippen LogP contribution in [0.2, 0.25) is 10.0 Å². The van der Waals surface area contributed by atoms with E-state index in [0.717, 1.165) is 16.5 Å². The number of benzene rings is 2. The highest BCUT2D eigenvalue weighted by Gasteiger charge is 2.06. The normalized spacial score (nSPS) is 11.2. The molecule has 1 amide bonds. The van der Waals surface area contributed by atoms with Crippen LogP contribution in [0.4, 0.5) is 0 Å². The molecule has 0 atom stereocenters. The molecule has 3 aromatic rings. The number of para-hydroxylation sites is 1. The van der Waals surface area contributed by atoms with Gasteiger partial charge in [-0.3, -0.25) is 4.79 Å². The summed E-state index contributed by atoms with van der Waals surface area (Å²) < 4.78 is 7.35. The number of fused-ring (bicyclic) bond motifs is 1. The van der Waals surface area contributed by atoms with Gasteiger partial charge in [0.2, 0.25) is 0 Å². The van der Waals surface area contributed by atoms with Gasteiger partial charge >= 0.3 is 0 Å². The molecule has 25 heavy (non-hydrogen) atoms. The van der Waals surface area contributed by atoms with Crippen LogP contribution in [-0.2, 0) is 11.8 Å². The van der Waals surface area contributed by atoms with Gasteiger partial charge in [-0.15, -0.1) is 0 Å². The van der Waals surface area contributed by atoms with Crippen LogP contribution in [0.1, 0.15) is 5.56 Å². The topological polar surface area (TPSA) is 55.6 Å². The molecular weight excluding hydrogens is 361 g/mol. The van der Waals surface area contributed by atoms with E-state index in [-0.39, 0.29) is 12.5 Å². The maximum absolute atomic E-state index is 11.8. The van der Waals surface area contributed by atoms with Crippen molar-refractivity contribution in [2.24, 2.45) is 12.1 Å². The van der Waals surface area contributed by atoms with Crippen molar-refractivity contribution in [1.82, 2.24) is 9.99 Å². The molecule has 2 aromatic carbocycles. The van der Waals surface area contributed by atoms with Crippen LogP contribution in [0, 0.1) is 0 Å². The number of nitrogens with zero attached hydrogens (tertiary/aromatic N) is 2. The number of hydrogen-bond acceptors (Lipinski definition) is 3. The van der Waals surface area contributed by atoms with Gasteiger partial charge in [0.25, 0.3) is 5.91 Å². The molecule has 0 bridgehead atoms. The van der Waals surface area contributed by atoms with Crippen LogP contribution in [0.15, 0.2) is 53.8 Å². The fourth-order valence-corrected chi connectivity index (χ4v) is 2.88. The summed E-state index contributed by atoms with van der Waals surface area (Å²) in [4.78, 5) is 11.8. The van der Waals surface area contributed by atoms with E-state index in [1.54, 1.807) is 24.4 Å². The number of carbonyl (C=O) groups is 1. The van der Waals surface area contributed by atoms with Crippen LogP contribution < -0.4 is 10.2 Å². The first-order valence-corrected chi connectivity index (χ1v) is 8.24.